The molecule has 25 heavy (non-hydrogen) atoms. The fourth-order valence-corrected chi connectivity index (χ4v) is 4.03. The van der Waals surface area contributed by atoms with E-state index in [4.69, 9.17) is 0 Å². The Balaban J connectivity index is 1.61. The smallest absolute Gasteiger partial charge is 0.0240 e. The summed E-state index contributed by atoms with van der Waals surface area (Å²) in [5.41, 5.74) is 4.16. The summed E-state index contributed by atoms with van der Waals surface area (Å²) in [4.78, 5) is 2.54. The van der Waals surface area contributed by atoms with Gasteiger partial charge in [0.15, 0.2) is 0 Å². The highest BCUT2D eigenvalue weighted by molar-refractivity contribution is 5.18. The van der Waals surface area contributed by atoms with E-state index in [0.29, 0.717) is 0 Å². The molecule has 0 aliphatic heterocycles. The fourth-order valence-electron chi connectivity index (χ4n) is 4.03. The van der Waals surface area contributed by atoms with Crippen molar-refractivity contribution in [3.05, 3.63) is 83.9 Å². The first-order valence-corrected chi connectivity index (χ1v) is 9.76. The van der Waals surface area contributed by atoms with Crippen LogP contribution in [-0.2, 0) is 13.1 Å². The molecule has 0 N–H and O–H groups in total. The summed E-state index contributed by atoms with van der Waals surface area (Å²) in [5.74, 6) is 0.872. The van der Waals surface area contributed by atoms with Crippen LogP contribution in [-0.4, -0.2) is 11.4 Å². The Morgan fingerprint density at radius 3 is 1.84 bits per heavy atom. The van der Waals surface area contributed by atoms with E-state index in [1.54, 1.807) is 0 Å². The summed E-state index contributed by atoms with van der Waals surface area (Å²) in [6.45, 7) is 7.40. The summed E-state index contributed by atoms with van der Waals surface area (Å²) in [6.07, 6.45) is 8.26. The van der Waals surface area contributed by atoms with Crippen LogP contribution in [0.5, 0.6) is 0 Å². The summed E-state index contributed by atoms with van der Waals surface area (Å²) in [5, 5.41) is 0. The van der Waals surface area contributed by atoms with E-state index in [0.717, 1.165) is 25.6 Å². The maximum absolute atomic E-state index is 4.43. The van der Waals surface area contributed by atoms with E-state index in [9.17, 15) is 0 Å². The third kappa shape index (κ3) is 6.17. The molecule has 1 fully saturated rings. The molecule has 2 aromatic rings. The fraction of sp³-hybridized carbons (Fsp3) is 0.417. The first kappa shape index (κ1) is 17.9. The Kier molecular flexibility index (Phi) is 6.88. The minimum atomic E-state index is 0.872. The van der Waals surface area contributed by atoms with Gasteiger partial charge in [0, 0.05) is 19.6 Å². The van der Waals surface area contributed by atoms with Gasteiger partial charge in [0.05, 0.1) is 0 Å². The molecular formula is C24H31N. The Labute approximate surface area is 153 Å². The van der Waals surface area contributed by atoms with Crippen LogP contribution in [0.25, 0.3) is 0 Å². The molecule has 0 unspecified atom stereocenters. The van der Waals surface area contributed by atoms with Gasteiger partial charge in [-0.05, 0) is 23.5 Å². The molecule has 0 radical (unpaired) electrons. The summed E-state index contributed by atoms with van der Waals surface area (Å²) >= 11 is 0. The van der Waals surface area contributed by atoms with E-state index >= 15 is 0 Å². The molecule has 0 heterocycles. The first-order valence-electron chi connectivity index (χ1n) is 9.76. The summed E-state index contributed by atoms with van der Waals surface area (Å²) < 4.78 is 0. The zero-order valence-corrected chi connectivity index (χ0v) is 15.4. The monoisotopic (exact) mass is 333 g/mol. The summed E-state index contributed by atoms with van der Waals surface area (Å²) in [6, 6.07) is 21.6. The average Bonchev–Trinajstić information content (AvgIpc) is 2.64. The van der Waals surface area contributed by atoms with Crippen LogP contribution in [0.4, 0.5) is 0 Å². The largest absolute Gasteiger partial charge is 0.291 e. The van der Waals surface area contributed by atoms with E-state index in [-0.39, 0.29) is 0 Å². The highest BCUT2D eigenvalue weighted by Gasteiger charge is 2.16. The van der Waals surface area contributed by atoms with Gasteiger partial charge in [-0.3, -0.25) is 4.90 Å². The molecule has 0 atom stereocenters. The van der Waals surface area contributed by atoms with Crippen LogP contribution in [0.2, 0.25) is 0 Å². The van der Waals surface area contributed by atoms with Gasteiger partial charge < -0.3 is 0 Å². The van der Waals surface area contributed by atoms with Crippen molar-refractivity contribution in [1.82, 2.24) is 4.90 Å². The molecule has 1 heteroatoms. The third-order valence-electron chi connectivity index (χ3n) is 5.25. The minimum absolute atomic E-state index is 0.872. The molecule has 0 spiro atoms. The second-order valence-corrected chi connectivity index (χ2v) is 7.57. The third-order valence-corrected chi connectivity index (χ3v) is 5.25. The van der Waals surface area contributed by atoms with Gasteiger partial charge in [-0.25, -0.2) is 0 Å². The molecular weight excluding hydrogens is 302 g/mol. The first-order chi connectivity index (χ1) is 12.3. The lowest BCUT2D eigenvalue weighted by Gasteiger charge is -2.27. The van der Waals surface area contributed by atoms with Gasteiger partial charge in [0.2, 0.25) is 0 Å². The van der Waals surface area contributed by atoms with Crippen LogP contribution in [0.15, 0.2) is 72.8 Å². The summed E-state index contributed by atoms with van der Waals surface area (Å²) in [7, 11) is 0. The zero-order valence-electron chi connectivity index (χ0n) is 15.4. The van der Waals surface area contributed by atoms with Crippen molar-refractivity contribution in [2.45, 2.75) is 51.6 Å². The lowest BCUT2D eigenvalue weighted by Crippen LogP contribution is -2.26. The van der Waals surface area contributed by atoms with Crippen LogP contribution >= 0.6 is 0 Å². The maximum atomic E-state index is 4.43. The SMILES string of the molecule is C=C(CC1CCCCC1)CN(Cc1ccccc1)Cc1ccccc1. The van der Waals surface area contributed by atoms with Gasteiger partial charge in [-0.1, -0.05) is 105 Å². The van der Waals surface area contributed by atoms with Gasteiger partial charge in [0.1, 0.15) is 0 Å². The van der Waals surface area contributed by atoms with Crippen LogP contribution < -0.4 is 0 Å². The van der Waals surface area contributed by atoms with Gasteiger partial charge in [-0.2, -0.15) is 0 Å². The van der Waals surface area contributed by atoms with Crippen molar-refractivity contribution in [3.8, 4) is 0 Å². The van der Waals surface area contributed by atoms with Crippen molar-refractivity contribution in [1.29, 1.82) is 0 Å². The second-order valence-electron chi connectivity index (χ2n) is 7.57. The number of hydrogen-bond acceptors (Lipinski definition) is 1. The van der Waals surface area contributed by atoms with Gasteiger partial charge >= 0.3 is 0 Å². The number of nitrogens with zero attached hydrogens (tertiary/aromatic N) is 1. The quantitative estimate of drug-likeness (QED) is 0.519. The van der Waals surface area contributed by atoms with Crippen molar-refractivity contribution in [2.75, 3.05) is 6.54 Å². The molecule has 1 nitrogen and oxygen atoms in total. The second kappa shape index (κ2) is 9.58. The molecule has 132 valence electrons. The van der Waals surface area contributed by atoms with E-state index in [2.05, 4.69) is 72.1 Å². The topological polar surface area (TPSA) is 3.24 Å². The molecule has 2 aromatic carbocycles. The Morgan fingerprint density at radius 2 is 1.32 bits per heavy atom. The molecule has 3 rings (SSSR count). The Morgan fingerprint density at radius 1 is 0.800 bits per heavy atom. The standard InChI is InChI=1S/C24H31N/c1-21(17-22-11-5-2-6-12-22)18-25(19-23-13-7-3-8-14-23)20-24-15-9-4-10-16-24/h3-4,7-10,13-16,22H,1-2,5-6,11-12,17-20H2. The molecule has 1 aliphatic rings. The predicted octanol–water partition coefficient (Wildman–Crippen LogP) is 6.22. The van der Waals surface area contributed by atoms with E-state index < -0.39 is 0 Å². The van der Waals surface area contributed by atoms with Crippen LogP contribution in [0.1, 0.15) is 49.7 Å². The van der Waals surface area contributed by atoms with E-state index in [1.165, 1.54) is 55.2 Å². The van der Waals surface area contributed by atoms with Crippen molar-refractivity contribution < 1.29 is 0 Å². The van der Waals surface area contributed by atoms with Crippen molar-refractivity contribution in [3.63, 3.8) is 0 Å². The lowest BCUT2D eigenvalue weighted by molar-refractivity contribution is 0.268. The molecule has 0 saturated heterocycles. The zero-order chi connectivity index (χ0) is 17.3. The molecule has 0 amide bonds. The van der Waals surface area contributed by atoms with Crippen molar-refractivity contribution in [2.24, 2.45) is 5.92 Å². The Bertz CT molecular complexity index is 584. The lowest BCUT2D eigenvalue weighted by atomic mass is 9.85. The normalized spacial score (nSPS) is 15.4. The highest BCUT2D eigenvalue weighted by Crippen LogP contribution is 2.29. The molecule has 0 aromatic heterocycles. The molecule has 1 aliphatic carbocycles. The van der Waals surface area contributed by atoms with Crippen LogP contribution in [0, 0.1) is 5.92 Å². The van der Waals surface area contributed by atoms with Gasteiger partial charge in [0.25, 0.3) is 0 Å². The van der Waals surface area contributed by atoms with E-state index in [1.807, 2.05) is 0 Å². The number of hydrogen-bond donors (Lipinski definition) is 0. The Hall–Kier alpha value is -1.86. The molecule has 1 saturated carbocycles. The minimum Gasteiger partial charge on any atom is -0.291 e. The maximum Gasteiger partial charge on any atom is 0.0240 e. The predicted molar refractivity (Wildman–Crippen MR) is 107 cm³/mol. The molecule has 0 bridgehead atoms. The van der Waals surface area contributed by atoms with Crippen LogP contribution in [0.3, 0.4) is 0 Å². The average molecular weight is 334 g/mol. The van der Waals surface area contributed by atoms with Crippen molar-refractivity contribution >= 4 is 0 Å². The highest BCUT2D eigenvalue weighted by atomic mass is 15.1. The van der Waals surface area contributed by atoms with Gasteiger partial charge in [-0.15, -0.1) is 0 Å². The number of benzene rings is 2. The number of rotatable bonds is 8.